The lowest BCUT2D eigenvalue weighted by Gasteiger charge is -2.66. The second-order valence-corrected chi connectivity index (χ2v) is 13.9. The van der Waals surface area contributed by atoms with Crippen LogP contribution in [0.25, 0.3) is 0 Å². The zero-order chi connectivity index (χ0) is 30.4. The van der Waals surface area contributed by atoms with Crippen molar-refractivity contribution in [1.82, 2.24) is 0 Å². The first-order valence-electron chi connectivity index (χ1n) is 15.2. The fourth-order valence-electron chi connectivity index (χ4n) is 9.92. The minimum absolute atomic E-state index is 0.0182. The Hall–Kier alpha value is -2.46. The summed E-state index contributed by atoms with van der Waals surface area (Å²) in [5, 5.41) is 23.8. The summed E-state index contributed by atoms with van der Waals surface area (Å²) >= 11 is 0. The molecular weight excluding hydrogens is 540 g/mol. The number of ether oxygens (including phenoxy) is 4. The van der Waals surface area contributed by atoms with Crippen LogP contribution in [0.4, 0.5) is 0 Å². The molecule has 2 saturated heterocycles. The van der Waals surface area contributed by atoms with E-state index in [4.69, 9.17) is 23.4 Å². The molecule has 2 aliphatic heterocycles. The molecule has 0 aromatic carbocycles. The van der Waals surface area contributed by atoms with E-state index in [1.54, 1.807) is 32.4 Å². The van der Waals surface area contributed by atoms with E-state index in [0.29, 0.717) is 25.0 Å². The normalized spacial score (nSPS) is 46.4. The predicted molar refractivity (Wildman–Crippen MR) is 151 cm³/mol. The molecule has 42 heavy (non-hydrogen) atoms. The molecule has 2 N–H and O–H groups in total. The van der Waals surface area contributed by atoms with Gasteiger partial charge in [-0.25, -0.2) is 4.79 Å². The highest BCUT2D eigenvalue weighted by atomic mass is 16.6. The molecule has 0 spiro atoms. The first-order valence-corrected chi connectivity index (χ1v) is 15.2. The van der Waals surface area contributed by atoms with Crippen LogP contribution in [-0.4, -0.2) is 65.6 Å². The van der Waals surface area contributed by atoms with E-state index in [1.807, 2.05) is 6.07 Å². The second kappa shape index (κ2) is 10.0. The number of fused-ring (bicyclic) bond motifs is 4. The fourth-order valence-corrected chi connectivity index (χ4v) is 9.92. The van der Waals surface area contributed by atoms with Crippen LogP contribution in [0.15, 0.2) is 45.8 Å². The average molecular weight is 585 g/mol. The van der Waals surface area contributed by atoms with Crippen molar-refractivity contribution in [2.45, 2.75) is 110 Å². The Morgan fingerprint density at radius 3 is 2.45 bits per heavy atom. The van der Waals surface area contributed by atoms with Crippen molar-refractivity contribution in [3.8, 4) is 0 Å². The van der Waals surface area contributed by atoms with Crippen LogP contribution in [0.2, 0.25) is 0 Å². The summed E-state index contributed by atoms with van der Waals surface area (Å²) < 4.78 is 30.5. The Kier molecular flexibility index (Phi) is 7.08. The molecule has 1 aromatic heterocycles. The van der Waals surface area contributed by atoms with Gasteiger partial charge in [0.1, 0.15) is 12.2 Å². The van der Waals surface area contributed by atoms with Crippen LogP contribution in [-0.2, 0) is 28.5 Å². The second-order valence-electron chi connectivity index (χ2n) is 13.9. The van der Waals surface area contributed by atoms with Crippen molar-refractivity contribution in [2.75, 3.05) is 6.61 Å². The van der Waals surface area contributed by atoms with Crippen molar-refractivity contribution in [3.05, 3.63) is 47.0 Å². The molecule has 0 radical (unpaired) electrons. The Morgan fingerprint density at radius 1 is 1.07 bits per heavy atom. The number of carbonyl (C=O) groups is 2. The summed E-state index contributed by atoms with van der Waals surface area (Å²) in [5.74, 6) is -1.50. The van der Waals surface area contributed by atoms with E-state index in [-0.39, 0.29) is 24.2 Å². The third-order valence-corrected chi connectivity index (χ3v) is 11.9. The number of furan rings is 1. The highest BCUT2D eigenvalue weighted by Crippen LogP contribution is 2.72. The molecule has 5 aliphatic rings. The molecule has 3 heterocycles. The van der Waals surface area contributed by atoms with E-state index in [9.17, 15) is 19.8 Å². The summed E-state index contributed by atoms with van der Waals surface area (Å²) in [7, 11) is 0. The number of carbonyl (C=O) groups excluding carboxylic acids is 2. The molecule has 6 rings (SSSR count). The summed E-state index contributed by atoms with van der Waals surface area (Å²) in [6, 6.07) is 1.95. The number of hydrogen-bond donors (Lipinski definition) is 2. The number of aliphatic hydroxyl groups excluding tert-OH is 2. The maximum Gasteiger partial charge on any atom is 0.333 e. The lowest BCUT2D eigenvalue weighted by molar-refractivity contribution is -0.258. The van der Waals surface area contributed by atoms with E-state index in [1.165, 1.54) is 6.92 Å². The van der Waals surface area contributed by atoms with Gasteiger partial charge in [0.15, 0.2) is 6.29 Å². The molecule has 0 bridgehead atoms. The van der Waals surface area contributed by atoms with Crippen LogP contribution in [0.3, 0.4) is 0 Å². The first kappa shape index (κ1) is 29.6. The maximum absolute atomic E-state index is 13.3. The fraction of sp³-hybridized carbons (Fsp3) is 0.697. The van der Waals surface area contributed by atoms with Gasteiger partial charge in [-0.1, -0.05) is 32.4 Å². The zero-order valence-corrected chi connectivity index (χ0v) is 25.6. The SMILES string of the molecule is C/C=C(\C)C(=O)OC1CC(OC(C)=O)C2(C)COC3C(O)C4(C)C5=C(C)C(c6ccoc6)CC5OC(O)CC4C1(C)C32. The lowest BCUT2D eigenvalue weighted by atomic mass is 9.39. The minimum atomic E-state index is -1.08. The van der Waals surface area contributed by atoms with Crippen LogP contribution in [0, 0.1) is 28.1 Å². The Labute approximate surface area is 247 Å². The van der Waals surface area contributed by atoms with E-state index >= 15 is 0 Å². The van der Waals surface area contributed by atoms with Crippen molar-refractivity contribution >= 4 is 11.9 Å². The van der Waals surface area contributed by atoms with Gasteiger partial charge in [0.25, 0.3) is 0 Å². The van der Waals surface area contributed by atoms with E-state index < -0.39 is 65.0 Å². The van der Waals surface area contributed by atoms with Gasteiger partial charge in [-0.2, -0.15) is 0 Å². The third kappa shape index (κ3) is 3.96. The van der Waals surface area contributed by atoms with Gasteiger partial charge in [-0.05, 0) is 50.3 Å². The quantitative estimate of drug-likeness (QED) is 0.300. The maximum atomic E-state index is 13.3. The molecule has 3 aliphatic carbocycles. The highest BCUT2D eigenvalue weighted by molar-refractivity contribution is 5.87. The summed E-state index contributed by atoms with van der Waals surface area (Å²) in [4.78, 5) is 25.6. The monoisotopic (exact) mass is 584 g/mol. The topological polar surface area (TPSA) is 125 Å². The highest BCUT2D eigenvalue weighted by Gasteiger charge is 2.76. The predicted octanol–water partition coefficient (Wildman–Crippen LogP) is 4.43. The minimum Gasteiger partial charge on any atom is -0.472 e. The van der Waals surface area contributed by atoms with Crippen LogP contribution >= 0.6 is 0 Å². The molecule has 12 atom stereocenters. The van der Waals surface area contributed by atoms with Gasteiger partial charge in [0, 0.05) is 53.4 Å². The number of hydrogen-bond acceptors (Lipinski definition) is 9. The molecule has 9 nitrogen and oxygen atoms in total. The van der Waals surface area contributed by atoms with Crippen LogP contribution < -0.4 is 0 Å². The molecule has 4 fully saturated rings. The Morgan fingerprint density at radius 2 is 1.81 bits per heavy atom. The van der Waals surface area contributed by atoms with Crippen molar-refractivity contribution < 1.29 is 43.2 Å². The Balaban J connectivity index is 1.54. The summed E-state index contributed by atoms with van der Waals surface area (Å²) in [5.41, 5.74) is 1.33. The zero-order valence-electron chi connectivity index (χ0n) is 25.6. The summed E-state index contributed by atoms with van der Waals surface area (Å²) in [6.45, 7) is 13.5. The standard InChI is InChI=1S/C33H44O9/c1-8-16(2)30(37)42-24-13-23(40-18(4)34)31(5)15-39-27-28(31)32(24,6)22-12-25(35)41-21-11-20(19-9-10-38-14-19)17(3)26(21)33(22,7)29(27)36/h8-10,14,20-25,27-29,35-36H,11-13,15H2,1-7H3/b16-8+. The molecular formula is C33H44O9. The van der Waals surface area contributed by atoms with Crippen LogP contribution in [0.1, 0.15) is 79.2 Å². The van der Waals surface area contributed by atoms with Gasteiger partial charge in [0.05, 0.1) is 37.4 Å². The smallest absolute Gasteiger partial charge is 0.333 e. The van der Waals surface area contributed by atoms with E-state index in [0.717, 1.165) is 16.7 Å². The van der Waals surface area contributed by atoms with Crippen molar-refractivity contribution in [2.24, 2.45) is 28.1 Å². The summed E-state index contributed by atoms with van der Waals surface area (Å²) in [6.07, 6.45) is 2.02. The lowest BCUT2D eigenvalue weighted by Crippen LogP contribution is -2.71. The Bertz CT molecular complexity index is 1310. The molecule has 0 amide bonds. The molecule has 12 unspecified atom stereocenters. The molecule has 2 saturated carbocycles. The van der Waals surface area contributed by atoms with Crippen LogP contribution in [0.5, 0.6) is 0 Å². The number of allylic oxidation sites excluding steroid dienone is 2. The van der Waals surface area contributed by atoms with E-state index in [2.05, 4.69) is 27.7 Å². The largest absolute Gasteiger partial charge is 0.472 e. The first-order chi connectivity index (χ1) is 19.8. The van der Waals surface area contributed by atoms with Gasteiger partial charge in [0.2, 0.25) is 0 Å². The molecule has 230 valence electrons. The molecule has 1 aromatic rings. The van der Waals surface area contributed by atoms with Crippen molar-refractivity contribution in [3.63, 3.8) is 0 Å². The average Bonchev–Trinajstić information content (AvgIpc) is 3.64. The van der Waals surface area contributed by atoms with Gasteiger partial charge < -0.3 is 33.6 Å². The number of esters is 2. The third-order valence-electron chi connectivity index (χ3n) is 11.9. The van der Waals surface area contributed by atoms with Crippen molar-refractivity contribution in [1.29, 1.82) is 0 Å². The number of rotatable bonds is 4. The molecule has 9 heteroatoms. The van der Waals surface area contributed by atoms with Gasteiger partial charge in [-0.15, -0.1) is 0 Å². The van der Waals surface area contributed by atoms with Gasteiger partial charge in [-0.3, -0.25) is 4.79 Å². The van der Waals surface area contributed by atoms with Gasteiger partial charge >= 0.3 is 11.9 Å². The number of aliphatic hydroxyl groups is 2.